The molecule has 4 rings (SSSR count). The van der Waals surface area contributed by atoms with E-state index in [1.165, 1.54) is 13.8 Å². The van der Waals surface area contributed by atoms with Crippen molar-refractivity contribution in [3.8, 4) is 17.2 Å². The van der Waals surface area contributed by atoms with Crippen molar-refractivity contribution in [2.75, 3.05) is 0 Å². The van der Waals surface area contributed by atoms with Crippen molar-refractivity contribution in [1.82, 2.24) is 0 Å². The van der Waals surface area contributed by atoms with E-state index < -0.39 is 6.10 Å². The molecule has 0 amide bonds. The van der Waals surface area contributed by atoms with E-state index >= 15 is 0 Å². The highest BCUT2D eigenvalue weighted by Gasteiger charge is 2.33. The lowest BCUT2D eigenvalue weighted by molar-refractivity contribution is -0.124. The molecule has 1 aliphatic carbocycles. The van der Waals surface area contributed by atoms with Crippen molar-refractivity contribution in [3.63, 3.8) is 0 Å². The van der Waals surface area contributed by atoms with E-state index in [0.29, 0.717) is 41.2 Å². The molecule has 0 fully saturated rings. The highest BCUT2D eigenvalue weighted by molar-refractivity contribution is 6.07. The number of rotatable bonds is 10. The van der Waals surface area contributed by atoms with E-state index in [1.54, 1.807) is 32.0 Å². The van der Waals surface area contributed by atoms with Crippen molar-refractivity contribution in [1.29, 1.82) is 0 Å². The Morgan fingerprint density at radius 3 is 1.78 bits per heavy atom. The molecule has 41 heavy (non-hydrogen) atoms. The Hall–Kier alpha value is -4.03. The molecule has 3 atom stereocenters. The summed E-state index contributed by atoms with van der Waals surface area (Å²) in [5, 5.41) is 10.1. The van der Waals surface area contributed by atoms with Crippen LogP contribution < -0.4 is 9.47 Å². The van der Waals surface area contributed by atoms with Gasteiger partial charge in [0.05, 0.1) is 6.10 Å². The fourth-order valence-electron chi connectivity index (χ4n) is 5.46. The summed E-state index contributed by atoms with van der Waals surface area (Å²) in [4.78, 5) is 36.0. The maximum atomic E-state index is 12.2. The first-order valence-electron chi connectivity index (χ1n) is 14.0. The summed E-state index contributed by atoms with van der Waals surface area (Å²) in [6.45, 7) is 10.5. The van der Waals surface area contributed by atoms with Crippen LogP contribution in [0.5, 0.6) is 17.2 Å². The van der Waals surface area contributed by atoms with Crippen LogP contribution in [0, 0.1) is 11.8 Å². The van der Waals surface area contributed by atoms with Crippen LogP contribution in [0.3, 0.4) is 0 Å². The van der Waals surface area contributed by atoms with Gasteiger partial charge in [0.1, 0.15) is 28.8 Å². The molecule has 0 spiro atoms. The molecule has 0 bridgehead atoms. The number of ketones is 3. The Morgan fingerprint density at radius 2 is 1.29 bits per heavy atom. The van der Waals surface area contributed by atoms with E-state index in [4.69, 9.17) is 9.47 Å². The van der Waals surface area contributed by atoms with Gasteiger partial charge in [0.25, 0.3) is 0 Å². The Bertz CT molecular complexity index is 1460. The number of carbonyl (C=O) groups is 3. The summed E-state index contributed by atoms with van der Waals surface area (Å²) in [7, 11) is 0. The largest absolute Gasteiger partial charge is 0.462 e. The highest BCUT2D eigenvalue weighted by Crippen LogP contribution is 2.36. The molecule has 214 valence electrons. The molecule has 0 saturated heterocycles. The average Bonchev–Trinajstić information content (AvgIpc) is 2.93. The number of aliphatic hydroxyl groups excluding tert-OH is 1. The lowest BCUT2D eigenvalue weighted by Crippen LogP contribution is -2.33. The fourth-order valence-corrected chi connectivity index (χ4v) is 5.46. The second-order valence-electron chi connectivity index (χ2n) is 11.4. The standard InChI is InChI=1S/C35H38O6/c1-21(36)31-17-15-29(19-33(31)23(3)38)40-27-11-7-25(8-12-27)35(5,6)26-9-13-28(14-10-26)41-30-16-18-32(22(2)37)34(20-30)24(4)39/h7-17,19,22,32,34,37H,18,20H2,1-6H3/t22-,32?,34?/m1/s1. The van der Waals surface area contributed by atoms with Gasteiger partial charge in [0.15, 0.2) is 11.6 Å². The van der Waals surface area contributed by atoms with Crippen LogP contribution in [0.4, 0.5) is 0 Å². The van der Waals surface area contributed by atoms with Crippen molar-refractivity contribution < 1.29 is 29.0 Å². The minimum atomic E-state index is -0.539. The van der Waals surface area contributed by atoms with Crippen LogP contribution in [-0.2, 0) is 10.2 Å². The lowest BCUT2D eigenvalue weighted by atomic mass is 9.77. The third-order valence-corrected chi connectivity index (χ3v) is 8.08. The van der Waals surface area contributed by atoms with Gasteiger partial charge in [-0.2, -0.15) is 0 Å². The summed E-state index contributed by atoms with van der Waals surface area (Å²) in [6.07, 6.45) is 2.55. The van der Waals surface area contributed by atoms with Crippen molar-refractivity contribution in [2.24, 2.45) is 11.8 Å². The second-order valence-corrected chi connectivity index (χ2v) is 11.4. The zero-order chi connectivity index (χ0) is 29.9. The van der Waals surface area contributed by atoms with E-state index in [2.05, 4.69) is 13.8 Å². The monoisotopic (exact) mass is 554 g/mol. The molecule has 1 N–H and O–H groups in total. The van der Waals surface area contributed by atoms with Gasteiger partial charge >= 0.3 is 0 Å². The smallest absolute Gasteiger partial charge is 0.160 e. The normalized spacial score (nSPS) is 17.8. The average molecular weight is 555 g/mol. The Labute approximate surface area is 242 Å². The van der Waals surface area contributed by atoms with Crippen LogP contribution in [0.15, 0.2) is 78.6 Å². The van der Waals surface area contributed by atoms with Crippen molar-refractivity contribution in [3.05, 3.63) is 101 Å². The topological polar surface area (TPSA) is 89.9 Å². The molecule has 6 nitrogen and oxygen atoms in total. The first kappa shape index (κ1) is 29.9. The Kier molecular flexibility index (Phi) is 8.93. The van der Waals surface area contributed by atoms with Crippen molar-refractivity contribution >= 4 is 17.3 Å². The molecule has 6 heteroatoms. The van der Waals surface area contributed by atoms with Gasteiger partial charge in [-0.25, -0.2) is 0 Å². The number of carbonyl (C=O) groups excluding carboxylic acids is 3. The summed E-state index contributed by atoms with van der Waals surface area (Å²) in [5.74, 6) is 2.00. The van der Waals surface area contributed by atoms with Gasteiger partial charge in [0, 0.05) is 28.9 Å². The summed E-state index contributed by atoms with van der Waals surface area (Å²) < 4.78 is 12.1. The van der Waals surface area contributed by atoms with Crippen LogP contribution >= 0.6 is 0 Å². The fraction of sp³-hybridized carbons (Fsp3) is 0.343. The number of Topliss-reactive ketones (excluding diaryl/α,β-unsaturated/α-hetero) is 3. The summed E-state index contributed by atoms with van der Waals surface area (Å²) in [5.41, 5.74) is 2.65. The van der Waals surface area contributed by atoms with Crippen LogP contribution in [0.1, 0.15) is 86.2 Å². The van der Waals surface area contributed by atoms with Gasteiger partial charge in [0.2, 0.25) is 0 Å². The molecule has 1 aliphatic rings. The zero-order valence-electron chi connectivity index (χ0n) is 24.6. The van der Waals surface area contributed by atoms with E-state index in [1.807, 2.05) is 54.6 Å². The highest BCUT2D eigenvalue weighted by atomic mass is 16.5. The quantitative estimate of drug-likeness (QED) is 0.262. The summed E-state index contributed by atoms with van der Waals surface area (Å²) in [6, 6.07) is 20.7. The molecule has 3 aromatic carbocycles. The molecular weight excluding hydrogens is 516 g/mol. The third kappa shape index (κ3) is 6.83. The van der Waals surface area contributed by atoms with E-state index in [-0.39, 0.29) is 34.6 Å². The van der Waals surface area contributed by atoms with Gasteiger partial charge in [-0.3, -0.25) is 14.4 Å². The minimum Gasteiger partial charge on any atom is -0.462 e. The van der Waals surface area contributed by atoms with Crippen LogP contribution in [-0.4, -0.2) is 28.6 Å². The third-order valence-electron chi connectivity index (χ3n) is 8.08. The number of ether oxygens (including phenoxy) is 2. The lowest BCUT2D eigenvalue weighted by Gasteiger charge is -2.31. The maximum Gasteiger partial charge on any atom is 0.160 e. The number of hydrogen-bond acceptors (Lipinski definition) is 6. The van der Waals surface area contributed by atoms with E-state index in [9.17, 15) is 19.5 Å². The number of benzene rings is 3. The van der Waals surface area contributed by atoms with Gasteiger partial charge in [-0.15, -0.1) is 0 Å². The second kappa shape index (κ2) is 12.2. The Balaban J connectivity index is 1.45. The number of hydrogen-bond donors (Lipinski definition) is 1. The molecule has 0 radical (unpaired) electrons. The predicted octanol–water partition coefficient (Wildman–Crippen LogP) is 7.47. The summed E-state index contributed by atoms with van der Waals surface area (Å²) >= 11 is 0. The maximum absolute atomic E-state index is 12.2. The SMILES string of the molecule is CC(=O)c1ccc(Oc2ccc(C(C)(C)c3ccc(OC4=CCC([C@@H](C)O)C(C(C)=O)C4)cc3)cc2)cc1C(C)=O. The molecule has 2 unspecified atom stereocenters. The zero-order valence-corrected chi connectivity index (χ0v) is 24.6. The molecule has 3 aromatic rings. The minimum absolute atomic E-state index is 0.0744. The molecule has 0 aromatic heterocycles. The van der Waals surface area contributed by atoms with Gasteiger partial charge in [-0.05, 0) is 99.7 Å². The van der Waals surface area contributed by atoms with Crippen LogP contribution in [0.2, 0.25) is 0 Å². The molecular formula is C35H38O6. The molecule has 0 aliphatic heterocycles. The predicted molar refractivity (Wildman–Crippen MR) is 159 cm³/mol. The molecule has 0 saturated carbocycles. The molecule has 0 heterocycles. The van der Waals surface area contributed by atoms with E-state index in [0.717, 1.165) is 16.9 Å². The number of aliphatic hydroxyl groups is 1. The first-order chi connectivity index (χ1) is 19.4. The van der Waals surface area contributed by atoms with Gasteiger partial charge in [-0.1, -0.05) is 38.1 Å². The number of allylic oxidation sites excluding steroid dienone is 2. The van der Waals surface area contributed by atoms with Crippen molar-refractivity contribution in [2.45, 2.75) is 65.9 Å². The Morgan fingerprint density at radius 1 is 0.780 bits per heavy atom. The first-order valence-corrected chi connectivity index (χ1v) is 14.0. The van der Waals surface area contributed by atoms with Crippen LogP contribution in [0.25, 0.3) is 0 Å². The van der Waals surface area contributed by atoms with Gasteiger partial charge < -0.3 is 14.6 Å².